The first-order valence-electron chi connectivity index (χ1n) is 7.58. The van der Waals surface area contributed by atoms with Gasteiger partial charge in [0.15, 0.2) is 0 Å². The van der Waals surface area contributed by atoms with E-state index in [1.165, 1.54) is 12.7 Å². The second-order valence-electron chi connectivity index (χ2n) is 5.75. The molecule has 2 heterocycles. The van der Waals surface area contributed by atoms with Crippen molar-refractivity contribution in [1.29, 1.82) is 0 Å². The maximum atomic E-state index is 12.0. The smallest absolute Gasteiger partial charge is 0.355 e. The Labute approximate surface area is 130 Å². The summed E-state index contributed by atoms with van der Waals surface area (Å²) in [4.78, 5) is 14.4. The number of methoxy groups -OCH3 is 1. The Hall–Kier alpha value is -1.85. The van der Waals surface area contributed by atoms with Crippen LogP contribution in [0.3, 0.4) is 0 Å². The molecule has 1 aromatic heterocycles. The third-order valence-corrected chi connectivity index (χ3v) is 4.46. The lowest BCUT2D eigenvalue weighted by molar-refractivity contribution is 0.0342. The molecule has 0 saturated carbocycles. The lowest BCUT2D eigenvalue weighted by Gasteiger charge is -2.26. The van der Waals surface area contributed by atoms with Gasteiger partial charge in [-0.15, -0.1) is 0 Å². The molecule has 2 aromatic rings. The number of nitrogens with zero attached hydrogens (tertiary/aromatic N) is 2. The second-order valence-corrected chi connectivity index (χ2v) is 5.75. The van der Waals surface area contributed by atoms with E-state index in [2.05, 4.69) is 17.0 Å². The van der Waals surface area contributed by atoms with Crippen LogP contribution in [0, 0.1) is 6.92 Å². The van der Waals surface area contributed by atoms with E-state index in [0.717, 1.165) is 49.3 Å². The van der Waals surface area contributed by atoms with Crippen LogP contribution >= 0.6 is 0 Å². The summed E-state index contributed by atoms with van der Waals surface area (Å²) in [5, 5.41) is 2.08. The van der Waals surface area contributed by atoms with Crippen molar-refractivity contribution in [3.63, 3.8) is 0 Å². The fourth-order valence-electron chi connectivity index (χ4n) is 3.09. The van der Waals surface area contributed by atoms with Crippen molar-refractivity contribution < 1.29 is 14.3 Å². The number of benzene rings is 1. The highest BCUT2D eigenvalue weighted by Crippen LogP contribution is 2.27. The van der Waals surface area contributed by atoms with E-state index in [-0.39, 0.29) is 5.97 Å². The molecular weight excluding hydrogens is 280 g/mol. The number of aryl methyl sites for hydroxylation is 1. The van der Waals surface area contributed by atoms with E-state index >= 15 is 0 Å². The summed E-state index contributed by atoms with van der Waals surface area (Å²) in [5.41, 5.74) is 2.96. The first-order chi connectivity index (χ1) is 10.6. The van der Waals surface area contributed by atoms with Crippen molar-refractivity contribution in [1.82, 2.24) is 9.47 Å². The molecule has 5 nitrogen and oxygen atoms in total. The zero-order valence-electron chi connectivity index (χ0n) is 13.4. The van der Waals surface area contributed by atoms with Gasteiger partial charge in [0.1, 0.15) is 5.69 Å². The zero-order valence-corrected chi connectivity index (χ0v) is 13.4. The highest BCUT2D eigenvalue weighted by atomic mass is 16.5. The number of carbonyl (C=O) groups excluding carboxylic acids is 1. The average Bonchev–Trinajstić information content (AvgIpc) is 2.79. The van der Waals surface area contributed by atoms with Crippen LogP contribution in [-0.4, -0.2) is 48.8 Å². The van der Waals surface area contributed by atoms with Crippen LogP contribution in [0.1, 0.15) is 21.7 Å². The lowest BCUT2D eigenvalue weighted by atomic mass is 10.1. The highest BCUT2D eigenvalue weighted by molar-refractivity contribution is 6.05. The number of carbonyl (C=O) groups is 1. The van der Waals surface area contributed by atoms with Crippen LogP contribution < -0.4 is 0 Å². The van der Waals surface area contributed by atoms with Crippen LogP contribution in [0.15, 0.2) is 18.2 Å². The summed E-state index contributed by atoms with van der Waals surface area (Å²) >= 11 is 0. The number of aromatic nitrogens is 1. The van der Waals surface area contributed by atoms with Gasteiger partial charge in [0.05, 0.1) is 20.3 Å². The van der Waals surface area contributed by atoms with Crippen molar-refractivity contribution in [2.75, 3.05) is 33.4 Å². The average molecular weight is 302 g/mol. The molecule has 3 rings (SSSR count). The molecule has 0 bridgehead atoms. The number of fused-ring (bicyclic) bond motifs is 1. The van der Waals surface area contributed by atoms with Crippen molar-refractivity contribution >= 4 is 16.7 Å². The standard InChI is InChI=1S/C17H22N2O3/c1-12-15-10-13(11-19-6-8-22-9-7-19)4-5-14(15)16(18(12)2)17(20)21-3/h4-5,10H,6-9,11H2,1-3H3. The molecule has 0 aliphatic carbocycles. The Morgan fingerprint density at radius 1 is 1.27 bits per heavy atom. The summed E-state index contributed by atoms with van der Waals surface area (Å²) in [5.74, 6) is -0.290. The Kier molecular flexibility index (Phi) is 4.18. The Bertz CT molecular complexity index is 699. The Balaban J connectivity index is 1.96. The Morgan fingerprint density at radius 3 is 2.68 bits per heavy atom. The quantitative estimate of drug-likeness (QED) is 0.815. The first-order valence-corrected chi connectivity index (χ1v) is 7.58. The molecule has 1 aliphatic rings. The molecule has 5 heteroatoms. The predicted molar refractivity (Wildman–Crippen MR) is 85.1 cm³/mol. The van der Waals surface area contributed by atoms with Crippen molar-refractivity contribution in [3.8, 4) is 0 Å². The maximum absolute atomic E-state index is 12.0. The number of hydrogen-bond acceptors (Lipinski definition) is 4. The summed E-state index contributed by atoms with van der Waals surface area (Å²) < 4.78 is 12.2. The van der Waals surface area contributed by atoms with E-state index in [1.807, 2.05) is 24.6 Å². The van der Waals surface area contributed by atoms with E-state index in [0.29, 0.717) is 5.69 Å². The predicted octanol–water partition coefficient (Wildman–Crippen LogP) is 2.11. The largest absolute Gasteiger partial charge is 0.464 e. The van der Waals surface area contributed by atoms with Crippen LogP contribution in [-0.2, 0) is 23.1 Å². The van der Waals surface area contributed by atoms with Crippen LogP contribution in [0.2, 0.25) is 0 Å². The van der Waals surface area contributed by atoms with Gasteiger partial charge in [0.2, 0.25) is 0 Å². The van der Waals surface area contributed by atoms with E-state index in [4.69, 9.17) is 9.47 Å². The van der Waals surface area contributed by atoms with Crippen molar-refractivity contribution in [2.45, 2.75) is 13.5 Å². The molecule has 0 N–H and O–H groups in total. The summed E-state index contributed by atoms with van der Waals surface area (Å²) in [6, 6.07) is 6.32. The van der Waals surface area contributed by atoms with Gasteiger partial charge >= 0.3 is 5.97 Å². The number of esters is 1. The van der Waals surface area contributed by atoms with Crippen molar-refractivity contribution in [3.05, 3.63) is 35.2 Å². The normalized spacial score (nSPS) is 16.1. The maximum Gasteiger partial charge on any atom is 0.355 e. The number of morpholine rings is 1. The summed E-state index contributed by atoms with van der Waals surface area (Å²) in [7, 11) is 3.33. The van der Waals surface area contributed by atoms with Gasteiger partial charge in [-0.05, 0) is 18.6 Å². The van der Waals surface area contributed by atoms with Gasteiger partial charge in [-0.1, -0.05) is 12.1 Å². The van der Waals surface area contributed by atoms with Crippen LogP contribution in [0.25, 0.3) is 10.8 Å². The summed E-state index contributed by atoms with van der Waals surface area (Å²) in [6.45, 7) is 6.51. The molecule has 0 radical (unpaired) electrons. The van der Waals surface area contributed by atoms with Gasteiger partial charge in [-0.25, -0.2) is 4.79 Å². The minimum absolute atomic E-state index is 0.290. The number of hydrogen-bond donors (Lipinski definition) is 0. The highest BCUT2D eigenvalue weighted by Gasteiger charge is 2.19. The lowest BCUT2D eigenvalue weighted by Crippen LogP contribution is -2.35. The second kappa shape index (κ2) is 6.10. The zero-order chi connectivity index (χ0) is 15.7. The molecule has 0 atom stereocenters. The molecule has 0 unspecified atom stereocenters. The van der Waals surface area contributed by atoms with Gasteiger partial charge in [0.25, 0.3) is 0 Å². The third kappa shape index (κ3) is 2.62. The monoisotopic (exact) mass is 302 g/mol. The molecule has 118 valence electrons. The fourth-order valence-corrected chi connectivity index (χ4v) is 3.09. The molecule has 1 fully saturated rings. The van der Waals surface area contributed by atoms with Crippen molar-refractivity contribution in [2.24, 2.45) is 7.05 Å². The molecule has 1 aliphatic heterocycles. The van der Waals surface area contributed by atoms with Crippen LogP contribution in [0.4, 0.5) is 0 Å². The minimum Gasteiger partial charge on any atom is -0.464 e. The topological polar surface area (TPSA) is 43.7 Å². The van der Waals surface area contributed by atoms with Gasteiger partial charge < -0.3 is 14.0 Å². The van der Waals surface area contributed by atoms with Gasteiger partial charge in [0, 0.05) is 43.1 Å². The number of rotatable bonds is 3. The minimum atomic E-state index is -0.290. The third-order valence-electron chi connectivity index (χ3n) is 4.46. The van der Waals surface area contributed by atoms with E-state index < -0.39 is 0 Å². The number of ether oxygens (including phenoxy) is 2. The van der Waals surface area contributed by atoms with E-state index in [1.54, 1.807) is 0 Å². The molecule has 1 aromatic carbocycles. The van der Waals surface area contributed by atoms with Gasteiger partial charge in [-0.3, -0.25) is 4.90 Å². The van der Waals surface area contributed by atoms with Gasteiger partial charge in [-0.2, -0.15) is 0 Å². The van der Waals surface area contributed by atoms with E-state index in [9.17, 15) is 4.79 Å². The molecule has 0 amide bonds. The first kappa shape index (κ1) is 15.1. The molecule has 0 spiro atoms. The molecule has 22 heavy (non-hydrogen) atoms. The summed E-state index contributed by atoms with van der Waals surface area (Å²) in [6.07, 6.45) is 0. The Morgan fingerprint density at radius 2 is 2.00 bits per heavy atom. The molecule has 1 saturated heterocycles. The fraction of sp³-hybridized carbons (Fsp3) is 0.471. The van der Waals surface area contributed by atoms with Crippen LogP contribution in [0.5, 0.6) is 0 Å². The SMILES string of the molecule is COC(=O)c1c2ccc(CN3CCOCC3)cc2c(C)n1C. The molecular formula is C17H22N2O3.